The van der Waals surface area contributed by atoms with E-state index >= 15 is 0 Å². The first-order valence-corrected chi connectivity index (χ1v) is 7.67. The molecule has 0 bridgehead atoms. The van der Waals surface area contributed by atoms with E-state index in [0.29, 0.717) is 23.1 Å². The lowest BCUT2D eigenvalue weighted by molar-refractivity contribution is -0.384. The maximum Gasteiger partial charge on any atom is 0.269 e. The number of hydrazone groups is 1. The molecule has 0 spiro atoms. The van der Waals surface area contributed by atoms with E-state index in [-0.39, 0.29) is 16.8 Å². The highest BCUT2D eigenvalue weighted by molar-refractivity contribution is 7.80. The normalized spacial score (nSPS) is 18.3. The zero-order chi connectivity index (χ0) is 17.8. The minimum atomic E-state index is -0.464. The Morgan fingerprint density at radius 3 is 2.80 bits per heavy atom. The lowest BCUT2D eigenvalue weighted by Gasteiger charge is -2.07. The highest BCUT2D eigenvalue weighted by Gasteiger charge is 2.22. The highest BCUT2D eigenvalue weighted by Crippen LogP contribution is 2.15. The first-order valence-electron chi connectivity index (χ1n) is 7.26. The predicted molar refractivity (Wildman–Crippen MR) is 102 cm³/mol. The summed E-state index contributed by atoms with van der Waals surface area (Å²) in [6.45, 7) is 1.76. The molecule has 126 valence electrons. The van der Waals surface area contributed by atoms with E-state index in [9.17, 15) is 10.1 Å². The van der Waals surface area contributed by atoms with Gasteiger partial charge in [0, 0.05) is 24.0 Å². The van der Waals surface area contributed by atoms with Crippen LogP contribution in [0.5, 0.6) is 0 Å². The first kappa shape index (κ1) is 16.6. The third kappa shape index (κ3) is 3.98. The van der Waals surface area contributed by atoms with Gasteiger partial charge >= 0.3 is 0 Å². The molecular formula is C15H13N7O2S. The number of nitrogens with zero attached hydrogens (tertiary/aromatic N) is 5. The molecule has 2 aliphatic heterocycles. The average Bonchev–Trinajstić information content (AvgIpc) is 3.04. The number of non-ortho nitro benzene ring substituents is 1. The molecule has 9 nitrogen and oxygen atoms in total. The van der Waals surface area contributed by atoms with Gasteiger partial charge < -0.3 is 5.32 Å². The molecule has 1 unspecified atom stereocenters. The van der Waals surface area contributed by atoms with Crippen molar-refractivity contribution in [2.75, 3.05) is 5.32 Å². The van der Waals surface area contributed by atoms with Crippen molar-refractivity contribution in [2.45, 2.75) is 13.0 Å². The molecule has 25 heavy (non-hydrogen) atoms. The number of hydrogen-bond donors (Lipinski definition) is 2. The van der Waals surface area contributed by atoms with Crippen LogP contribution in [0.3, 0.4) is 0 Å². The van der Waals surface area contributed by atoms with Gasteiger partial charge in [-0.1, -0.05) is 6.08 Å². The fourth-order valence-electron chi connectivity index (χ4n) is 2.09. The third-order valence-corrected chi connectivity index (χ3v) is 3.51. The molecule has 2 heterocycles. The molecule has 1 aromatic carbocycles. The smallest absolute Gasteiger partial charge is 0.269 e. The van der Waals surface area contributed by atoms with E-state index in [1.165, 1.54) is 12.1 Å². The molecule has 0 amide bonds. The molecule has 1 atom stereocenters. The van der Waals surface area contributed by atoms with E-state index in [0.717, 1.165) is 0 Å². The summed E-state index contributed by atoms with van der Waals surface area (Å²) in [5.74, 6) is 1.13. The lowest BCUT2D eigenvalue weighted by atomic mass is 10.2. The van der Waals surface area contributed by atoms with Gasteiger partial charge in [-0.25, -0.2) is 15.0 Å². The van der Waals surface area contributed by atoms with Crippen molar-refractivity contribution in [1.29, 1.82) is 0 Å². The van der Waals surface area contributed by atoms with Crippen molar-refractivity contribution in [2.24, 2.45) is 20.1 Å². The molecule has 0 radical (unpaired) electrons. The highest BCUT2D eigenvalue weighted by atomic mass is 32.1. The number of fused-ring (bicyclic) bond motifs is 1. The molecule has 0 aromatic heterocycles. The van der Waals surface area contributed by atoms with Crippen molar-refractivity contribution < 1.29 is 4.92 Å². The third-order valence-electron chi connectivity index (χ3n) is 3.32. The number of nitro groups is 1. The van der Waals surface area contributed by atoms with E-state index in [4.69, 9.17) is 12.2 Å². The summed E-state index contributed by atoms with van der Waals surface area (Å²) in [5, 5.41) is 17.9. The molecular weight excluding hydrogens is 342 g/mol. The standard InChI is InChI=1S/C15H13N7O2S/c1-9(13-18-12-3-2-8-16-14(12)19-13)20-21-15(25)17-10-4-6-11(7-5-10)22(23)24/h2-8,12H,1H3,(H2,17,21,25)/b20-9+. The summed E-state index contributed by atoms with van der Waals surface area (Å²) in [4.78, 5) is 23.0. The zero-order valence-electron chi connectivity index (χ0n) is 13.1. The van der Waals surface area contributed by atoms with Gasteiger partial charge in [0.2, 0.25) is 0 Å². The van der Waals surface area contributed by atoms with Crippen LogP contribution in [0.25, 0.3) is 0 Å². The van der Waals surface area contributed by atoms with Crippen molar-refractivity contribution in [1.82, 2.24) is 5.43 Å². The summed E-state index contributed by atoms with van der Waals surface area (Å²) >= 11 is 5.14. The number of hydrogen-bond acceptors (Lipinski definition) is 7. The second-order valence-electron chi connectivity index (χ2n) is 5.10. The second-order valence-corrected chi connectivity index (χ2v) is 5.51. The van der Waals surface area contributed by atoms with Crippen LogP contribution in [0.2, 0.25) is 0 Å². The van der Waals surface area contributed by atoms with Gasteiger partial charge in [0.15, 0.2) is 16.8 Å². The lowest BCUT2D eigenvalue weighted by Crippen LogP contribution is -2.26. The number of dihydropyridines is 1. The Hall–Kier alpha value is -3.27. The number of anilines is 1. The van der Waals surface area contributed by atoms with E-state index in [1.807, 2.05) is 12.2 Å². The van der Waals surface area contributed by atoms with Gasteiger partial charge in [-0.3, -0.25) is 15.5 Å². The van der Waals surface area contributed by atoms with E-state index in [1.54, 1.807) is 25.3 Å². The molecule has 0 fully saturated rings. The quantitative estimate of drug-likeness (QED) is 0.371. The van der Waals surface area contributed by atoms with Crippen LogP contribution in [0.1, 0.15) is 6.92 Å². The van der Waals surface area contributed by atoms with Gasteiger partial charge in [0.25, 0.3) is 5.69 Å². The number of rotatable bonds is 4. The Morgan fingerprint density at radius 2 is 2.12 bits per heavy atom. The summed E-state index contributed by atoms with van der Waals surface area (Å²) in [6, 6.07) is 5.74. The minimum absolute atomic E-state index is 0.00910. The van der Waals surface area contributed by atoms with Crippen molar-refractivity contribution in [3.8, 4) is 0 Å². The van der Waals surface area contributed by atoms with Crippen LogP contribution in [0, 0.1) is 10.1 Å². The molecule has 2 N–H and O–H groups in total. The molecule has 1 aromatic rings. The zero-order valence-corrected chi connectivity index (χ0v) is 13.9. The fourth-order valence-corrected chi connectivity index (χ4v) is 2.25. The van der Waals surface area contributed by atoms with Crippen LogP contribution in [-0.2, 0) is 0 Å². The molecule has 0 saturated carbocycles. The predicted octanol–water partition coefficient (Wildman–Crippen LogP) is 2.08. The Kier molecular flexibility index (Phi) is 4.70. The number of nitrogens with one attached hydrogen (secondary N) is 2. The van der Waals surface area contributed by atoms with Gasteiger partial charge in [0.05, 0.1) is 4.92 Å². The van der Waals surface area contributed by atoms with Crippen LogP contribution in [0.4, 0.5) is 11.4 Å². The van der Waals surface area contributed by atoms with E-state index < -0.39 is 4.92 Å². The van der Waals surface area contributed by atoms with Crippen LogP contribution in [0.15, 0.2) is 56.5 Å². The maximum atomic E-state index is 10.6. The molecule has 2 aliphatic rings. The molecule has 10 heteroatoms. The van der Waals surface area contributed by atoms with Crippen molar-refractivity contribution >= 4 is 52.3 Å². The Bertz CT molecular complexity index is 868. The van der Waals surface area contributed by atoms with Crippen molar-refractivity contribution in [3.63, 3.8) is 0 Å². The SMILES string of the molecule is C/C(=N\NC(=S)Nc1ccc([N+](=O)[O-])cc1)C1=NC2C=CC=NC2=N1. The van der Waals surface area contributed by atoms with Crippen molar-refractivity contribution in [3.05, 3.63) is 46.5 Å². The topological polar surface area (TPSA) is 117 Å². The molecule has 0 saturated heterocycles. The number of aliphatic imine (C=N–C) groups is 3. The number of amidine groups is 2. The fraction of sp³-hybridized carbons (Fsp3) is 0.133. The first-order chi connectivity index (χ1) is 12.0. The average molecular weight is 355 g/mol. The maximum absolute atomic E-state index is 10.6. The Morgan fingerprint density at radius 1 is 1.36 bits per heavy atom. The van der Waals surface area contributed by atoms with Gasteiger partial charge in [-0.05, 0) is 37.4 Å². The molecule has 0 aliphatic carbocycles. The second kappa shape index (κ2) is 7.09. The van der Waals surface area contributed by atoms with Crippen LogP contribution < -0.4 is 10.7 Å². The number of benzene rings is 1. The number of thiocarbonyl (C=S) groups is 1. The Balaban J connectivity index is 1.59. The summed E-state index contributed by atoms with van der Waals surface area (Å²) in [7, 11) is 0. The monoisotopic (exact) mass is 355 g/mol. The minimum Gasteiger partial charge on any atom is -0.331 e. The van der Waals surface area contributed by atoms with Gasteiger partial charge in [-0.2, -0.15) is 5.10 Å². The Labute approximate surface area is 148 Å². The number of allylic oxidation sites excluding steroid dienone is 1. The van der Waals surface area contributed by atoms with Crippen LogP contribution >= 0.6 is 12.2 Å². The largest absolute Gasteiger partial charge is 0.331 e. The number of nitro benzene ring substituents is 1. The summed E-state index contributed by atoms with van der Waals surface area (Å²) in [5.41, 5.74) is 3.88. The van der Waals surface area contributed by atoms with Gasteiger partial charge in [-0.15, -0.1) is 0 Å². The molecule has 3 rings (SSSR count). The summed E-state index contributed by atoms with van der Waals surface area (Å²) in [6.07, 6.45) is 5.40. The van der Waals surface area contributed by atoms with E-state index in [2.05, 4.69) is 30.8 Å². The summed E-state index contributed by atoms with van der Waals surface area (Å²) < 4.78 is 0. The van der Waals surface area contributed by atoms with Gasteiger partial charge in [0.1, 0.15) is 11.8 Å². The van der Waals surface area contributed by atoms with Crippen LogP contribution in [-0.4, -0.2) is 39.7 Å².